The van der Waals surface area contributed by atoms with Crippen molar-refractivity contribution in [3.05, 3.63) is 24.5 Å². The molecular formula is C39H61N2O3+. The van der Waals surface area contributed by atoms with Crippen LogP contribution in [0.3, 0.4) is 0 Å². The molecule has 1 aliphatic heterocycles. The van der Waals surface area contributed by atoms with E-state index in [2.05, 4.69) is 65.5 Å². The Morgan fingerprint density at radius 3 is 2.27 bits per heavy atom. The van der Waals surface area contributed by atoms with Crippen LogP contribution < -0.4 is 9.47 Å². The van der Waals surface area contributed by atoms with Gasteiger partial charge in [0.2, 0.25) is 6.54 Å². The molecule has 44 heavy (non-hydrogen) atoms. The average molecular weight is 606 g/mol. The summed E-state index contributed by atoms with van der Waals surface area (Å²) < 4.78 is 15.1. The molecule has 1 aromatic rings. The highest BCUT2D eigenvalue weighted by molar-refractivity contribution is 5.68. The molecule has 6 aliphatic rings. The van der Waals surface area contributed by atoms with Crippen molar-refractivity contribution in [2.75, 3.05) is 25.6 Å². The molecule has 5 nitrogen and oxygen atoms in total. The second-order valence-corrected chi connectivity index (χ2v) is 18.7. The maximum Gasteiger partial charge on any atom is 0.372 e. The Morgan fingerprint density at radius 2 is 1.57 bits per heavy atom. The molecular weight excluding hydrogens is 544 g/mol. The van der Waals surface area contributed by atoms with Crippen molar-refractivity contribution in [1.29, 1.82) is 0 Å². The van der Waals surface area contributed by atoms with Gasteiger partial charge in [0, 0.05) is 37.3 Å². The van der Waals surface area contributed by atoms with Crippen LogP contribution in [0.15, 0.2) is 24.5 Å². The molecule has 0 spiro atoms. The van der Waals surface area contributed by atoms with Gasteiger partial charge in [-0.05, 0) is 115 Å². The Bertz CT molecular complexity index is 1290. The van der Waals surface area contributed by atoms with Gasteiger partial charge in [-0.3, -0.25) is 0 Å². The molecule has 1 aromatic heterocycles. The van der Waals surface area contributed by atoms with E-state index in [0.717, 1.165) is 36.5 Å². The fraction of sp³-hybridized carbons (Fsp3) is 0.846. The third-order valence-corrected chi connectivity index (χ3v) is 16.0. The summed E-state index contributed by atoms with van der Waals surface area (Å²) in [6.07, 6.45) is 17.3. The van der Waals surface area contributed by atoms with Crippen LogP contribution in [0, 0.1) is 56.2 Å². The number of nitrogens with zero attached hydrogens (tertiary/aromatic N) is 2. The normalized spacial score (nSPS) is 46.6. The molecule has 10 atom stereocenters. The molecule has 2 bridgehead atoms. The summed E-state index contributed by atoms with van der Waals surface area (Å²) in [6, 6.07) is 4.10. The number of anilines is 1. The van der Waals surface area contributed by atoms with Crippen molar-refractivity contribution in [3.8, 4) is 0 Å². The van der Waals surface area contributed by atoms with Gasteiger partial charge in [0.05, 0.1) is 12.7 Å². The number of carbonyl (C=O) groups excluding carboxylic acids is 1. The van der Waals surface area contributed by atoms with E-state index < -0.39 is 0 Å². The van der Waals surface area contributed by atoms with Crippen molar-refractivity contribution in [2.24, 2.45) is 56.2 Å². The molecule has 5 heteroatoms. The van der Waals surface area contributed by atoms with Crippen molar-refractivity contribution >= 4 is 11.7 Å². The fourth-order valence-corrected chi connectivity index (χ4v) is 13.4. The molecule has 0 radical (unpaired) electrons. The number of pyridine rings is 1. The lowest BCUT2D eigenvalue weighted by Gasteiger charge is -2.73. The van der Waals surface area contributed by atoms with E-state index in [1.54, 1.807) is 0 Å². The molecule has 6 fully saturated rings. The summed E-state index contributed by atoms with van der Waals surface area (Å²) in [6.45, 7) is 19.2. The largest absolute Gasteiger partial charge is 0.457 e. The second kappa shape index (κ2) is 9.94. The summed E-state index contributed by atoms with van der Waals surface area (Å²) in [5.41, 5.74) is 2.89. The van der Waals surface area contributed by atoms with Gasteiger partial charge >= 0.3 is 5.97 Å². The van der Waals surface area contributed by atoms with Crippen LogP contribution in [0.25, 0.3) is 0 Å². The SMILES string of the molecule is CN(C)c1cc[n+](CC(=O)OC2CCC3(C)C(CCC4(C)C3CCC3C5[C@H]6OC[C@@]5(CCC6(C)C)CC[C@]34C)C2(C)C)cc1. The topological polar surface area (TPSA) is 42.7 Å². The average Bonchev–Trinajstić information content (AvgIpc) is 3.29. The van der Waals surface area contributed by atoms with Crippen LogP contribution in [-0.2, 0) is 20.8 Å². The molecule has 0 amide bonds. The van der Waals surface area contributed by atoms with Gasteiger partial charge in [-0.15, -0.1) is 0 Å². The summed E-state index contributed by atoms with van der Waals surface area (Å²) in [7, 11) is 4.07. The van der Waals surface area contributed by atoms with E-state index in [-0.39, 0.29) is 24.0 Å². The first-order valence-corrected chi connectivity index (χ1v) is 18.1. The second-order valence-electron chi connectivity index (χ2n) is 18.7. The third kappa shape index (κ3) is 4.18. The molecule has 7 unspecified atom stereocenters. The Hall–Kier alpha value is -1.62. The zero-order valence-corrected chi connectivity index (χ0v) is 29.4. The zero-order chi connectivity index (χ0) is 31.5. The van der Waals surface area contributed by atoms with E-state index in [1.165, 1.54) is 57.8 Å². The Morgan fingerprint density at radius 1 is 0.864 bits per heavy atom. The van der Waals surface area contributed by atoms with Crippen molar-refractivity contribution in [1.82, 2.24) is 0 Å². The highest BCUT2D eigenvalue weighted by atomic mass is 16.5. The van der Waals surface area contributed by atoms with Crippen molar-refractivity contribution in [2.45, 2.75) is 131 Å². The number of carbonyl (C=O) groups is 1. The lowest BCUT2D eigenvalue weighted by Crippen LogP contribution is -2.68. The smallest absolute Gasteiger partial charge is 0.372 e. The zero-order valence-electron chi connectivity index (χ0n) is 29.4. The highest BCUT2D eigenvalue weighted by Crippen LogP contribution is 2.78. The van der Waals surface area contributed by atoms with E-state index in [4.69, 9.17) is 9.47 Å². The summed E-state index contributed by atoms with van der Waals surface area (Å²) >= 11 is 0. The molecule has 244 valence electrons. The molecule has 1 saturated heterocycles. The van der Waals surface area contributed by atoms with Gasteiger partial charge in [-0.1, -0.05) is 48.5 Å². The van der Waals surface area contributed by atoms with Crippen LogP contribution in [0.4, 0.5) is 5.69 Å². The fourth-order valence-electron chi connectivity index (χ4n) is 13.4. The maximum atomic E-state index is 13.3. The number of hydrogen-bond acceptors (Lipinski definition) is 4. The van der Waals surface area contributed by atoms with E-state index >= 15 is 0 Å². The number of fused-ring (bicyclic) bond motifs is 5. The third-order valence-electron chi connectivity index (χ3n) is 16.0. The number of ether oxygens (including phenoxy) is 2. The van der Waals surface area contributed by atoms with Crippen molar-refractivity contribution in [3.63, 3.8) is 0 Å². The van der Waals surface area contributed by atoms with Gasteiger partial charge in [0.25, 0.3) is 0 Å². The summed E-state index contributed by atoms with van der Waals surface area (Å²) in [5.74, 6) is 2.75. The molecule has 5 aliphatic carbocycles. The Balaban J connectivity index is 1.10. The number of esters is 1. The van der Waals surface area contributed by atoms with Crippen molar-refractivity contribution < 1.29 is 18.8 Å². The van der Waals surface area contributed by atoms with Crippen LogP contribution >= 0.6 is 0 Å². The maximum absolute atomic E-state index is 13.3. The van der Waals surface area contributed by atoms with Crippen LogP contribution in [0.1, 0.15) is 113 Å². The predicted molar refractivity (Wildman–Crippen MR) is 175 cm³/mol. The van der Waals surface area contributed by atoms with Gasteiger partial charge in [0.1, 0.15) is 6.10 Å². The predicted octanol–water partition coefficient (Wildman–Crippen LogP) is 7.84. The van der Waals surface area contributed by atoms with Crippen LogP contribution in [0.2, 0.25) is 0 Å². The quantitative estimate of drug-likeness (QED) is 0.259. The molecule has 0 N–H and O–H groups in total. The molecule has 2 heterocycles. The minimum absolute atomic E-state index is 0.0159. The van der Waals surface area contributed by atoms with Gasteiger partial charge < -0.3 is 14.4 Å². The molecule has 0 aromatic carbocycles. The first-order valence-electron chi connectivity index (χ1n) is 18.1. The summed E-state index contributed by atoms with van der Waals surface area (Å²) in [5, 5.41) is 0. The van der Waals surface area contributed by atoms with Gasteiger partial charge in [-0.2, -0.15) is 4.57 Å². The number of aromatic nitrogens is 1. The van der Waals surface area contributed by atoms with E-state index in [1.807, 2.05) is 31.1 Å². The molecule has 7 rings (SSSR count). The van der Waals surface area contributed by atoms with Gasteiger partial charge in [-0.25, -0.2) is 4.79 Å². The summed E-state index contributed by atoms with van der Waals surface area (Å²) in [4.78, 5) is 15.3. The lowest BCUT2D eigenvalue weighted by atomic mass is 9.31. The number of hydrogen-bond donors (Lipinski definition) is 0. The minimum atomic E-state index is -0.105. The standard InChI is InChI=1S/C39H61N2O3/c1-34(2)18-20-39-21-19-37(6)27(32(39)33(34)43-25-39)10-11-29-36(5)16-13-30(35(3,4)28(36)12-17-38(29,37)7)44-31(42)24-41-22-14-26(15-23-41)40(8)9/h14-15,22-23,27-30,32-33H,10-13,16-21,24-25H2,1-9H3/q+1/t27?,28?,29?,30?,32?,33-,36?,37-,38?,39-/m1/s1. The van der Waals surface area contributed by atoms with E-state index in [9.17, 15) is 4.79 Å². The number of rotatable bonds is 4. The Labute approximate surface area is 267 Å². The van der Waals surface area contributed by atoms with E-state index in [0.29, 0.717) is 39.1 Å². The first-order chi connectivity index (χ1) is 20.6. The molecule has 5 saturated carbocycles. The van der Waals surface area contributed by atoms with Crippen LogP contribution in [0.5, 0.6) is 0 Å². The first kappa shape index (κ1) is 31.0. The van der Waals surface area contributed by atoms with Crippen LogP contribution in [-0.4, -0.2) is 38.9 Å². The Kier molecular flexibility index (Phi) is 7.01. The lowest BCUT2D eigenvalue weighted by molar-refractivity contribution is -0.686. The van der Waals surface area contributed by atoms with Gasteiger partial charge in [0.15, 0.2) is 12.4 Å². The minimum Gasteiger partial charge on any atom is -0.457 e. The highest BCUT2D eigenvalue weighted by Gasteiger charge is 2.73. The monoisotopic (exact) mass is 605 g/mol.